The molecule has 0 atom stereocenters. The summed E-state index contributed by atoms with van der Waals surface area (Å²) in [5, 5.41) is 4.25. The van der Waals surface area contributed by atoms with Gasteiger partial charge in [-0.05, 0) is 6.07 Å². The summed E-state index contributed by atoms with van der Waals surface area (Å²) in [5.41, 5.74) is 0.753. The molecule has 2 rings (SSSR count). The first-order valence-electron chi connectivity index (χ1n) is 2.97. The molecule has 0 radical (unpaired) electrons. The Kier molecular flexibility index (Phi) is 1.40. The molecule has 0 amide bonds. The van der Waals surface area contributed by atoms with Gasteiger partial charge in [-0.25, -0.2) is 0 Å². The lowest BCUT2D eigenvalue weighted by molar-refractivity contribution is 0.418. The quantitative estimate of drug-likeness (QED) is 0.707. The molecule has 0 fully saturated rings. The standard InChI is InChI=1S/C6H4ClN3O/c7-4-1-5(8-2-4)6-9-3-11-10-6/h1-3,8H. The Morgan fingerprint density at radius 3 is 3.00 bits per heavy atom. The highest BCUT2D eigenvalue weighted by Crippen LogP contribution is 2.17. The van der Waals surface area contributed by atoms with Crippen LogP contribution in [0.25, 0.3) is 11.5 Å². The number of rotatable bonds is 1. The van der Waals surface area contributed by atoms with Gasteiger partial charge in [-0.15, -0.1) is 0 Å². The number of nitrogens with one attached hydrogen (secondary N) is 1. The van der Waals surface area contributed by atoms with Crippen molar-refractivity contribution in [3.63, 3.8) is 0 Å². The van der Waals surface area contributed by atoms with Crippen LogP contribution in [0.3, 0.4) is 0 Å². The lowest BCUT2D eigenvalue weighted by Crippen LogP contribution is -1.77. The van der Waals surface area contributed by atoms with Crippen LogP contribution < -0.4 is 0 Å². The van der Waals surface area contributed by atoms with E-state index in [4.69, 9.17) is 11.6 Å². The molecule has 1 N–H and O–H groups in total. The van der Waals surface area contributed by atoms with E-state index in [1.54, 1.807) is 12.3 Å². The van der Waals surface area contributed by atoms with Gasteiger partial charge >= 0.3 is 0 Å². The molecule has 0 saturated heterocycles. The van der Waals surface area contributed by atoms with E-state index in [1.807, 2.05) is 0 Å². The third-order valence-corrected chi connectivity index (χ3v) is 1.47. The Labute approximate surface area is 67.2 Å². The molecule has 11 heavy (non-hydrogen) atoms. The van der Waals surface area contributed by atoms with Crippen LogP contribution in [0.2, 0.25) is 5.02 Å². The Balaban J connectivity index is 2.45. The van der Waals surface area contributed by atoms with E-state index < -0.39 is 0 Å². The Morgan fingerprint density at radius 2 is 2.45 bits per heavy atom. The van der Waals surface area contributed by atoms with Crippen LogP contribution in [0.4, 0.5) is 0 Å². The molecule has 0 bridgehead atoms. The largest absolute Gasteiger partial charge is 0.357 e. The van der Waals surface area contributed by atoms with Gasteiger partial charge < -0.3 is 9.51 Å². The van der Waals surface area contributed by atoms with E-state index in [-0.39, 0.29) is 0 Å². The minimum atomic E-state index is 0.511. The van der Waals surface area contributed by atoms with Crippen LogP contribution in [0.5, 0.6) is 0 Å². The SMILES string of the molecule is Clc1c[nH]c(-c2ncon2)c1. The molecule has 0 aliphatic carbocycles. The summed E-state index contributed by atoms with van der Waals surface area (Å²) in [5.74, 6) is 0.511. The third-order valence-electron chi connectivity index (χ3n) is 1.25. The highest BCUT2D eigenvalue weighted by molar-refractivity contribution is 6.30. The normalized spacial score (nSPS) is 10.3. The molecule has 5 heteroatoms. The van der Waals surface area contributed by atoms with Crippen molar-refractivity contribution < 1.29 is 4.52 Å². The molecule has 0 unspecified atom stereocenters. The first-order chi connectivity index (χ1) is 5.36. The van der Waals surface area contributed by atoms with Crippen molar-refractivity contribution in [2.45, 2.75) is 0 Å². The lowest BCUT2D eigenvalue weighted by atomic mass is 10.4. The first-order valence-corrected chi connectivity index (χ1v) is 3.35. The highest BCUT2D eigenvalue weighted by atomic mass is 35.5. The summed E-state index contributed by atoms with van der Waals surface area (Å²) in [6, 6.07) is 1.73. The number of H-pyrrole nitrogens is 1. The van der Waals surface area contributed by atoms with Crippen molar-refractivity contribution in [3.05, 3.63) is 23.7 Å². The topological polar surface area (TPSA) is 54.7 Å². The van der Waals surface area contributed by atoms with E-state index in [0.717, 1.165) is 5.69 Å². The number of halogens is 1. The van der Waals surface area contributed by atoms with Gasteiger partial charge in [-0.2, -0.15) is 4.98 Å². The van der Waals surface area contributed by atoms with Crippen LogP contribution in [0.1, 0.15) is 0 Å². The fourth-order valence-electron chi connectivity index (χ4n) is 0.786. The van der Waals surface area contributed by atoms with Crippen LogP contribution in [0.15, 0.2) is 23.2 Å². The summed E-state index contributed by atoms with van der Waals surface area (Å²) in [6.07, 6.45) is 2.93. The van der Waals surface area contributed by atoms with Crippen LogP contribution in [-0.2, 0) is 0 Å². The molecule has 0 aliphatic heterocycles. The van der Waals surface area contributed by atoms with Gasteiger partial charge in [0.25, 0.3) is 0 Å². The Bertz CT molecular complexity index is 340. The maximum atomic E-state index is 5.66. The van der Waals surface area contributed by atoms with Gasteiger partial charge in [0.15, 0.2) is 0 Å². The van der Waals surface area contributed by atoms with Gasteiger partial charge in [-0.1, -0.05) is 16.8 Å². The molecular formula is C6H4ClN3O. The highest BCUT2D eigenvalue weighted by Gasteiger charge is 2.03. The zero-order valence-corrected chi connectivity index (χ0v) is 6.17. The van der Waals surface area contributed by atoms with Gasteiger partial charge in [-0.3, -0.25) is 0 Å². The second kappa shape index (κ2) is 2.39. The minimum Gasteiger partial charge on any atom is -0.357 e. The lowest BCUT2D eigenvalue weighted by Gasteiger charge is -1.82. The summed E-state index contributed by atoms with van der Waals surface area (Å²) in [7, 11) is 0. The molecule has 2 heterocycles. The molecule has 0 aliphatic rings. The molecule has 4 nitrogen and oxygen atoms in total. The first kappa shape index (κ1) is 6.42. The number of hydrogen-bond acceptors (Lipinski definition) is 3. The molecule has 56 valence electrons. The minimum absolute atomic E-state index is 0.511. The number of nitrogens with zero attached hydrogens (tertiary/aromatic N) is 2. The van der Waals surface area contributed by atoms with Crippen LogP contribution >= 0.6 is 11.6 Å². The molecular weight excluding hydrogens is 166 g/mol. The Morgan fingerprint density at radius 1 is 1.55 bits per heavy atom. The van der Waals surface area contributed by atoms with E-state index in [9.17, 15) is 0 Å². The van der Waals surface area contributed by atoms with Crippen molar-refractivity contribution in [1.82, 2.24) is 15.1 Å². The molecule has 0 aromatic carbocycles. The zero-order valence-electron chi connectivity index (χ0n) is 5.41. The predicted molar refractivity (Wildman–Crippen MR) is 39.1 cm³/mol. The summed E-state index contributed by atoms with van der Waals surface area (Å²) in [6.45, 7) is 0. The maximum absolute atomic E-state index is 5.66. The number of hydrogen-bond donors (Lipinski definition) is 1. The average Bonchev–Trinajstić information content (AvgIpc) is 2.55. The van der Waals surface area contributed by atoms with Crippen molar-refractivity contribution in [3.8, 4) is 11.5 Å². The van der Waals surface area contributed by atoms with Crippen LogP contribution in [-0.4, -0.2) is 15.1 Å². The van der Waals surface area contributed by atoms with Crippen molar-refractivity contribution in [2.75, 3.05) is 0 Å². The summed E-state index contributed by atoms with van der Waals surface area (Å²) >= 11 is 5.66. The van der Waals surface area contributed by atoms with E-state index in [1.165, 1.54) is 6.39 Å². The fourth-order valence-corrected chi connectivity index (χ4v) is 0.950. The molecule has 0 saturated carbocycles. The van der Waals surface area contributed by atoms with Gasteiger partial charge in [0.1, 0.15) is 0 Å². The monoisotopic (exact) mass is 169 g/mol. The Hall–Kier alpha value is -1.29. The van der Waals surface area contributed by atoms with Crippen LogP contribution in [0, 0.1) is 0 Å². The molecule has 2 aromatic heterocycles. The summed E-state index contributed by atoms with van der Waals surface area (Å²) in [4.78, 5) is 6.72. The fraction of sp³-hybridized carbons (Fsp3) is 0. The smallest absolute Gasteiger partial charge is 0.218 e. The second-order valence-electron chi connectivity index (χ2n) is 1.99. The van der Waals surface area contributed by atoms with E-state index in [2.05, 4.69) is 19.6 Å². The van der Waals surface area contributed by atoms with Gasteiger partial charge in [0.2, 0.25) is 12.2 Å². The third kappa shape index (κ3) is 1.12. The van der Waals surface area contributed by atoms with E-state index >= 15 is 0 Å². The summed E-state index contributed by atoms with van der Waals surface area (Å²) < 4.78 is 4.55. The van der Waals surface area contributed by atoms with Crippen molar-refractivity contribution in [1.29, 1.82) is 0 Å². The van der Waals surface area contributed by atoms with Gasteiger partial charge in [0.05, 0.1) is 10.7 Å². The van der Waals surface area contributed by atoms with Crippen molar-refractivity contribution >= 4 is 11.6 Å². The second-order valence-corrected chi connectivity index (χ2v) is 2.42. The molecule has 2 aromatic rings. The van der Waals surface area contributed by atoms with Crippen molar-refractivity contribution in [2.24, 2.45) is 0 Å². The average molecular weight is 170 g/mol. The number of aromatic amines is 1. The van der Waals surface area contributed by atoms with Gasteiger partial charge in [0, 0.05) is 6.20 Å². The number of aromatic nitrogens is 3. The zero-order chi connectivity index (χ0) is 7.68. The predicted octanol–water partition coefficient (Wildman–Crippen LogP) is 1.72. The molecule has 0 spiro atoms. The van der Waals surface area contributed by atoms with E-state index in [0.29, 0.717) is 10.8 Å². The maximum Gasteiger partial charge on any atom is 0.218 e.